The maximum absolute atomic E-state index is 10.7. The summed E-state index contributed by atoms with van der Waals surface area (Å²) < 4.78 is 2.07. The molecular formula is C11H19N3O. The molecule has 4 nitrogen and oxygen atoms in total. The topological polar surface area (TPSA) is 60.1 Å². The Morgan fingerprint density at radius 3 is 3.00 bits per heavy atom. The minimum atomic E-state index is -0.259. The summed E-state index contributed by atoms with van der Waals surface area (Å²) in [7, 11) is 0. The molecule has 1 rings (SSSR count). The van der Waals surface area contributed by atoms with Crippen molar-refractivity contribution in [2.75, 3.05) is 6.54 Å². The maximum Gasteiger partial charge on any atom is 0.219 e. The molecule has 15 heavy (non-hydrogen) atoms. The lowest BCUT2D eigenvalue weighted by molar-refractivity contribution is -0.118. The summed E-state index contributed by atoms with van der Waals surface area (Å²) in [6, 6.07) is 4.36. The van der Waals surface area contributed by atoms with Gasteiger partial charge in [0, 0.05) is 30.9 Å². The molecule has 1 aromatic heterocycles. The Morgan fingerprint density at radius 2 is 2.40 bits per heavy atom. The van der Waals surface area contributed by atoms with E-state index in [1.807, 2.05) is 12.3 Å². The van der Waals surface area contributed by atoms with Gasteiger partial charge in [0.25, 0.3) is 0 Å². The number of hydrogen-bond donors (Lipinski definition) is 2. The van der Waals surface area contributed by atoms with E-state index in [0.29, 0.717) is 19.0 Å². The lowest BCUT2D eigenvalue weighted by Gasteiger charge is -2.15. The summed E-state index contributed by atoms with van der Waals surface area (Å²) in [6.07, 6.45) is 2.37. The first kappa shape index (κ1) is 11.8. The number of primary amides is 1. The fourth-order valence-corrected chi connectivity index (χ4v) is 1.67. The lowest BCUT2D eigenvalue weighted by Crippen LogP contribution is -2.22. The van der Waals surface area contributed by atoms with Gasteiger partial charge in [0.15, 0.2) is 0 Å². The monoisotopic (exact) mass is 209 g/mol. The highest BCUT2D eigenvalue weighted by Gasteiger charge is 2.08. The van der Waals surface area contributed by atoms with Gasteiger partial charge < -0.3 is 15.6 Å². The Kier molecular flexibility index (Phi) is 4.37. The van der Waals surface area contributed by atoms with E-state index in [1.165, 1.54) is 5.69 Å². The summed E-state index contributed by atoms with van der Waals surface area (Å²) in [5.74, 6) is -0.259. The minimum Gasteiger partial charge on any atom is -0.370 e. The highest BCUT2D eigenvalue weighted by atomic mass is 16.1. The summed E-state index contributed by atoms with van der Waals surface area (Å²) in [5, 5.41) is 3.34. The van der Waals surface area contributed by atoms with E-state index in [2.05, 4.69) is 29.8 Å². The van der Waals surface area contributed by atoms with Gasteiger partial charge in [0.05, 0.1) is 0 Å². The predicted octanol–water partition coefficient (Wildman–Crippen LogP) is 1.03. The molecule has 0 aliphatic rings. The van der Waals surface area contributed by atoms with Crippen molar-refractivity contribution < 1.29 is 4.79 Å². The maximum atomic E-state index is 10.7. The van der Waals surface area contributed by atoms with E-state index in [-0.39, 0.29) is 5.91 Å². The van der Waals surface area contributed by atoms with Crippen LogP contribution < -0.4 is 11.1 Å². The second kappa shape index (κ2) is 5.56. The molecule has 0 radical (unpaired) electrons. The molecule has 1 heterocycles. The number of nitrogens with two attached hydrogens (primary N) is 1. The molecule has 0 aliphatic heterocycles. The molecule has 0 aliphatic carbocycles. The van der Waals surface area contributed by atoms with Gasteiger partial charge in [-0.3, -0.25) is 4.79 Å². The van der Waals surface area contributed by atoms with Crippen molar-refractivity contribution in [3.05, 3.63) is 24.0 Å². The average Bonchev–Trinajstić information content (AvgIpc) is 2.62. The largest absolute Gasteiger partial charge is 0.370 e. The molecule has 3 N–H and O–H groups in total. The highest BCUT2D eigenvalue weighted by Crippen LogP contribution is 2.13. The lowest BCUT2D eigenvalue weighted by atomic mass is 10.2. The van der Waals surface area contributed by atoms with E-state index in [9.17, 15) is 4.79 Å². The normalized spacial score (nSPS) is 12.7. The number of aryl methyl sites for hydroxylation is 1. The van der Waals surface area contributed by atoms with Crippen LogP contribution in [-0.2, 0) is 11.3 Å². The number of rotatable bonds is 6. The second-order valence-corrected chi connectivity index (χ2v) is 3.62. The Labute approximate surface area is 90.5 Å². The summed E-state index contributed by atoms with van der Waals surface area (Å²) in [5.41, 5.74) is 6.32. The van der Waals surface area contributed by atoms with E-state index in [0.717, 1.165) is 6.54 Å². The molecule has 4 heteroatoms. The minimum absolute atomic E-state index is 0.259. The van der Waals surface area contributed by atoms with Crippen LogP contribution in [0.1, 0.15) is 32.0 Å². The summed E-state index contributed by atoms with van der Waals surface area (Å²) in [4.78, 5) is 10.7. The van der Waals surface area contributed by atoms with Gasteiger partial charge in [-0.25, -0.2) is 0 Å². The zero-order valence-electron chi connectivity index (χ0n) is 9.36. The van der Waals surface area contributed by atoms with Gasteiger partial charge in [-0.1, -0.05) is 6.92 Å². The Hall–Kier alpha value is -1.29. The van der Waals surface area contributed by atoms with Crippen molar-refractivity contribution in [3.8, 4) is 0 Å². The van der Waals surface area contributed by atoms with E-state index in [1.54, 1.807) is 0 Å². The Morgan fingerprint density at radius 1 is 1.67 bits per heavy atom. The van der Waals surface area contributed by atoms with Crippen molar-refractivity contribution in [1.29, 1.82) is 0 Å². The van der Waals surface area contributed by atoms with Gasteiger partial charge in [0.1, 0.15) is 0 Å². The van der Waals surface area contributed by atoms with Crippen LogP contribution in [-0.4, -0.2) is 17.0 Å². The van der Waals surface area contributed by atoms with Crippen LogP contribution in [0.15, 0.2) is 18.3 Å². The van der Waals surface area contributed by atoms with Crippen molar-refractivity contribution in [3.63, 3.8) is 0 Å². The SMILES string of the molecule is CCNC(C)c1cccn1CCC(N)=O. The smallest absolute Gasteiger partial charge is 0.219 e. The first-order valence-corrected chi connectivity index (χ1v) is 5.32. The van der Waals surface area contributed by atoms with E-state index >= 15 is 0 Å². The molecule has 0 saturated heterocycles. The third-order valence-corrected chi connectivity index (χ3v) is 2.42. The van der Waals surface area contributed by atoms with Crippen LogP contribution in [0.5, 0.6) is 0 Å². The van der Waals surface area contributed by atoms with Crippen molar-refractivity contribution >= 4 is 5.91 Å². The summed E-state index contributed by atoms with van der Waals surface area (Å²) >= 11 is 0. The number of nitrogens with zero attached hydrogens (tertiary/aromatic N) is 1. The zero-order chi connectivity index (χ0) is 11.3. The number of hydrogen-bond acceptors (Lipinski definition) is 2. The molecule has 84 valence electrons. The quantitative estimate of drug-likeness (QED) is 0.735. The number of carbonyl (C=O) groups excluding carboxylic acids is 1. The number of carbonyl (C=O) groups is 1. The fourth-order valence-electron chi connectivity index (χ4n) is 1.67. The number of amides is 1. The summed E-state index contributed by atoms with van der Waals surface area (Å²) in [6.45, 7) is 5.78. The van der Waals surface area contributed by atoms with Crippen LogP contribution in [0.3, 0.4) is 0 Å². The number of nitrogens with one attached hydrogen (secondary N) is 1. The Bertz CT molecular complexity index is 319. The first-order chi connectivity index (χ1) is 7.15. The predicted molar refractivity (Wildman–Crippen MR) is 60.3 cm³/mol. The van der Waals surface area contributed by atoms with Gasteiger partial charge in [-0.05, 0) is 25.6 Å². The molecule has 0 spiro atoms. The molecule has 0 saturated carbocycles. The Balaban J connectivity index is 2.64. The molecule has 0 bridgehead atoms. The third kappa shape index (κ3) is 3.40. The first-order valence-electron chi connectivity index (χ1n) is 5.32. The van der Waals surface area contributed by atoms with Crippen LogP contribution in [0.25, 0.3) is 0 Å². The van der Waals surface area contributed by atoms with Crippen LogP contribution >= 0.6 is 0 Å². The molecule has 1 unspecified atom stereocenters. The van der Waals surface area contributed by atoms with Crippen LogP contribution in [0.2, 0.25) is 0 Å². The van der Waals surface area contributed by atoms with Gasteiger partial charge in [-0.2, -0.15) is 0 Å². The van der Waals surface area contributed by atoms with Crippen LogP contribution in [0, 0.1) is 0 Å². The number of aromatic nitrogens is 1. The molecule has 1 amide bonds. The van der Waals surface area contributed by atoms with Gasteiger partial charge >= 0.3 is 0 Å². The van der Waals surface area contributed by atoms with Gasteiger partial charge in [0.2, 0.25) is 5.91 Å². The highest BCUT2D eigenvalue weighted by molar-refractivity contribution is 5.73. The zero-order valence-corrected chi connectivity index (χ0v) is 9.36. The van der Waals surface area contributed by atoms with E-state index < -0.39 is 0 Å². The van der Waals surface area contributed by atoms with Crippen molar-refractivity contribution in [1.82, 2.24) is 9.88 Å². The third-order valence-electron chi connectivity index (χ3n) is 2.42. The molecular weight excluding hydrogens is 190 g/mol. The van der Waals surface area contributed by atoms with Crippen LogP contribution in [0.4, 0.5) is 0 Å². The molecule has 0 aromatic carbocycles. The average molecular weight is 209 g/mol. The molecule has 1 atom stereocenters. The van der Waals surface area contributed by atoms with Gasteiger partial charge in [-0.15, -0.1) is 0 Å². The standard InChI is InChI=1S/C11H19N3O/c1-3-13-9(2)10-5-4-7-14(10)8-6-11(12)15/h4-5,7,9,13H,3,6,8H2,1-2H3,(H2,12,15). The van der Waals surface area contributed by atoms with E-state index in [4.69, 9.17) is 5.73 Å². The van der Waals surface area contributed by atoms with Crippen molar-refractivity contribution in [2.45, 2.75) is 32.9 Å². The molecule has 1 aromatic rings. The fraction of sp³-hybridized carbons (Fsp3) is 0.545. The van der Waals surface area contributed by atoms with Crippen molar-refractivity contribution in [2.24, 2.45) is 5.73 Å². The second-order valence-electron chi connectivity index (χ2n) is 3.62. The molecule has 0 fully saturated rings.